The lowest BCUT2D eigenvalue weighted by Gasteiger charge is -2.19. The van der Waals surface area contributed by atoms with Gasteiger partial charge in [-0.25, -0.2) is 9.78 Å². The van der Waals surface area contributed by atoms with Crippen LogP contribution < -0.4 is 10.1 Å². The highest BCUT2D eigenvalue weighted by Gasteiger charge is 2.22. The first-order valence-corrected chi connectivity index (χ1v) is 9.93. The van der Waals surface area contributed by atoms with Gasteiger partial charge in [0.25, 0.3) is 0 Å². The van der Waals surface area contributed by atoms with Crippen molar-refractivity contribution in [3.8, 4) is 11.6 Å². The van der Waals surface area contributed by atoms with Crippen LogP contribution in [-0.4, -0.2) is 37.8 Å². The molecule has 0 bridgehead atoms. The molecule has 0 aliphatic rings. The maximum atomic E-state index is 12.5. The fourth-order valence-corrected chi connectivity index (χ4v) is 3.64. The average molecular weight is 451 g/mol. The van der Waals surface area contributed by atoms with Crippen molar-refractivity contribution >= 4 is 21.9 Å². The van der Waals surface area contributed by atoms with Gasteiger partial charge in [0.15, 0.2) is 0 Å². The van der Waals surface area contributed by atoms with Gasteiger partial charge in [0.2, 0.25) is 5.88 Å². The minimum absolute atomic E-state index is 0.184. The number of halogens is 1. The van der Waals surface area contributed by atoms with Crippen molar-refractivity contribution < 1.29 is 19.0 Å². The third kappa shape index (κ3) is 5.53. The van der Waals surface area contributed by atoms with E-state index < -0.39 is 5.97 Å². The van der Waals surface area contributed by atoms with E-state index in [4.69, 9.17) is 14.2 Å². The Bertz CT molecular complexity index is 803. The predicted molar refractivity (Wildman–Crippen MR) is 112 cm³/mol. The molecule has 1 heterocycles. The maximum absolute atomic E-state index is 12.5. The van der Waals surface area contributed by atoms with Crippen LogP contribution in [-0.2, 0) is 16.0 Å². The smallest absolute Gasteiger partial charge is 0.343 e. The van der Waals surface area contributed by atoms with E-state index in [-0.39, 0.29) is 11.9 Å². The second-order valence-electron chi connectivity index (χ2n) is 6.55. The van der Waals surface area contributed by atoms with E-state index in [1.54, 1.807) is 19.4 Å². The summed E-state index contributed by atoms with van der Waals surface area (Å²) in [5.41, 5.74) is 2.98. The van der Waals surface area contributed by atoms with Gasteiger partial charge in [-0.1, -0.05) is 22.9 Å². The summed E-state index contributed by atoms with van der Waals surface area (Å²) < 4.78 is 17.3. The number of rotatable bonds is 9. The number of ether oxygens (including phenoxy) is 3. The molecule has 0 aliphatic heterocycles. The number of esters is 1. The Morgan fingerprint density at radius 1 is 1.25 bits per heavy atom. The molecule has 2 aromatic rings. The lowest BCUT2D eigenvalue weighted by molar-refractivity contribution is 0.0595. The molecular weight excluding hydrogens is 424 g/mol. The van der Waals surface area contributed by atoms with Crippen LogP contribution in [0.25, 0.3) is 0 Å². The Morgan fingerprint density at radius 3 is 2.50 bits per heavy atom. The fraction of sp³-hybridized carbons (Fsp3) is 0.429. The van der Waals surface area contributed by atoms with Gasteiger partial charge in [0.05, 0.1) is 13.7 Å². The number of hydrogen-bond acceptors (Lipinski definition) is 6. The standard InChI is InChI=1S/C21H27BrN2O4/c1-6-17(12-26-4)24-11-15-7-8-23-20(18(15)21(25)27-5)28-19-13(2)9-16(22)10-14(19)3/h7-10,17,24H,6,11-12H2,1-5H3. The van der Waals surface area contributed by atoms with Gasteiger partial charge >= 0.3 is 5.97 Å². The van der Waals surface area contributed by atoms with Crippen LogP contribution in [0.4, 0.5) is 0 Å². The van der Waals surface area contributed by atoms with Gasteiger partial charge in [0.1, 0.15) is 11.3 Å². The Kier molecular flexibility index (Phi) is 8.41. The van der Waals surface area contributed by atoms with E-state index in [2.05, 4.69) is 33.2 Å². The molecule has 0 fully saturated rings. The Hall–Kier alpha value is -1.96. The molecule has 28 heavy (non-hydrogen) atoms. The van der Waals surface area contributed by atoms with Crippen LogP contribution >= 0.6 is 15.9 Å². The summed E-state index contributed by atoms with van der Waals surface area (Å²) in [5.74, 6) is 0.434. The Labute approximate surface area is 174 Å². The number of carbonyl (C=O) groups is 1. The first-order valence-electron chi connectivity index (χ1n) is 9.14. The van der Waals surface area contributed by atoms with Gasteiger partial charge in [-0.05, 0) is 55.2 Å². The number of methoxy groups -OCH3 is 2. The second kappa shape index (κ2) is 10.5. The number of nitrogens with one attached hydrogen (secondary N) is 1. The van der Waals surface area contributed by atoms with Crippen LogP contribution in [0.2, 0.25) is 0 Å². The molecule has 6 nitrogen and oxygen atoms in total. The van der Waals surface area contributed by atoms with Crippen molar-refractivity contribution in [3.05, 3.63) is 51.1 Å². The summed E-state index contributed by atoms with van der Waals surface area (Å²) in [6, 6.07) is 5.90. The molecule has 0 amide bonds. The normalized spacial score (nSPS) is 11.9. The van der Waals surface area contributed by atoms with Crippen LogP contribution in [0.15, 0.2) is 28.9 Å². The van der Waals surface area contributed by atoms with E-state index >= 15 is 0 Å². The number of hydrogen-bond donors (Lipinski definition) is 1. The molecule has 1 aromatic carbocycles. The molecule has 1 unspecified atom stereocenters. The number of nitrogens with zero attached hydrogens (tertiary/aromatic N) is 1. The number of benzene rings is 1. The minimum atomic E-state index is -0.480. The topological polar surface area (TPSA) is 69.7 Å². The third-order valence-electron chi connectivity index (χ3n) is 4.46. The van der Waals surface area contributed by atoms with Crippen molar-refractivity contribution in [1.82, 2.24) is 10.3 Å². The van der Waals surface area contributed by atoms with Crippen molar-refractivity contribution in [2.75, 3.05) is 20.8 Å². The zero-order valence-corrected chi connectivity index (χ0v) is 18.6. The van der Waals surface area contributed by atoms with Crippen LogP contribution in [0, 0.1) is 13.8 Å². The highest BCUT2D eigenvalue weighted by Crippen LogP contribution is 2.33. The van der Waals surface area contributed by atoms with E-state index in [9.17, 15) is 4.79 Å². The van der Waals surface area contributed by atoms with Crippen molar-refractivity contribution in [2.24, 2.45) is 0 Å². The molecule has 0 saturated carbocycles. The van der Waals surface area contributed by atoms with E-state index in [0.717, 1.165) is 27.6 Å². The Balaban J connectivity index is 2.38. The number of aryl methyl sites for hydroxylation is 2. The largest absolute Gasteiger partial charge is 0.465 e. The first-order chi connectivity index (χ1) is 13.4. The molecule has 1 atom stereocenters. The molecule has 0 spiro atoms. The van der Waals surface area contributed by atoms with E-state index in [0.29, 0.717) is 24.5 Å². The highest BCUT2D eigenvalue weighted by atomic mass is 79.9. The van der Waals surface area contributed by atoms with Crippen molar-refractivity contribution in [3.63, 3.8) is 0 Å². The molecule has 1 N–H and O–H groups in total. The number of aromatic nitrogens is 1. The molecular formula is C21H27BrN2O4. The van der Waals surface area contributed by atoms with Gasteiger partial charge in [0, 0.05) is 30.4 Å². The summed E-state index contributed by atoms with van der Waals surface area (Å²) in [6.45, 7) is 7.05. The number of pyridine rings is 1. The molecule has 0 aliphatic carbocycles. The average Bonchev–Trinajstić information content (AvgIpc) is 2.67. The van der Waals surface area contributed by atoms with Gasteiger partial charge in [-0.15, -0.1) is 0 Å². The zero-order chi connectivity index (χ0) is 20.7. The first kappa shape index (κ1) is 22.3. The summed E-state index contributed by atoms with van der Waals surface area (Å²) in [7, 11) is 3.03. The lowest BCUT2D eigenvalue weighted by Crippen LogP contribution is -2.32. The highest BCUT2D eigenvalue weighted by molar-refractivity contribution is 9.10. The van der Waals surface area contributed by atoms with E-state index in [1.165, 1.54) is 7.11 Å². The molecule has 7 heteroatoms. The quantitative estimate of drug-likeness (QED) is 0.564. The van der Waals surface area contributed by atoms with Crippen LogP contribution in [0.5, 0.6) is 11.6 Å². The maximum Gasteiger partial charge on any atom is 0.343 e. The SMILES string of the molecule is CCC(COC)NCc1ccnc(Oc2c(C)cc(Br)cc2C)c1C(=O)OC. The summed E-state index contributed by atoms with van der Waals surface area (Å²) >= 11 is 3.48. The molecule has 0 saturated heterocycles. The molecule has 0 radical (unpaired) electrons. The lowest BCUT2D eigenvalue weighted by atomic mass is 10.1. The van der Waals surface area contributed by atoms with Crippen LogP contribution in [0.3, 0.4) is 0 Å². The fourth-order valence-electron chi connectivity index (χ4n) is 2.96. The zero-order valence-electron chi connectivity index (χ0n) is 17.0. The Morgan fingerprint density at radius 2 is 1.93 bits per heavy atom. The van der Waals surface area contributed by atoms with Gasteiger partial charge in [-0.3, -0.25) is 0 Å². The second-order valence-corrected chi connectivity index (χ2v) is 7.47. The number of carbonyl (C=O) groups excluding carboxylic acids is 1. The molecule has 152 valence electrons. The summed E-state index contributed by atoms with van der Waals surface area (Å²) in [5, 5.41) is 3.40. The van der Waals surface area contributed by atoms with E-state index in [1.807, 2.05) is 26.0 Å². The van der Waals surface area contributed by atoms with Gasteiger partial charge in [-0.2, -0.15) is 0 Å². The molecule has 2 rings (SSSR count). The molecule has 1 aromatic heterocycles. The monoisotopic (exact) mass is 450 g/mol. The van der Waals surface area contributed by atoms with Gasteiger partial charge < -0.3 is 19.5 Å². The predicted octanol–water partition coefficient (Wildman–Crippen LogP) is 4.55. The van der Waals surface area contributed by atoms with Crippen LogP contribution in [0.1, 0.15) is 40.4 Å². The summed E-state index contributed by atoms with van der Waals surface area (Å²) in [6.07, 6.45) is 2.55. The third-order valence-corrected chi connectivity index (χ3v) is 4.92. The van der Waals surface area contributed by atoms with Crippen molar-refractivity contribution in [1.29, 1.82) is 0 Å². The van der Waals surface area contributed by atoms with Crippen molar-refractivity contribution in [2.45, 2.75) is 39.8 Å². The summed E-state index contributed by atoms with van der Waals surface area (Å²) in [4.78, 5) is 16.8. The minimum Gasteiger partial charge on any atom is -0.465 e.